The van der Waals surface area contributed by atoms with Crippen molar-refractivity contribution in [2.45, 2.75) is 17.4 Å². The minimum absolute atomic E-state index is 0.205. The van der Waals surface area contributed by atoms with Crippen molar-refractivity contribution in [2.75, 3.05) is 61.4 Å². The van der Waals surface area contributed by atoms with E-state index in [0.29, 0.717) is 35.9 Å². The van der Waals surface area contributed by atoms with Crippen LogP contribution in [0.1, 0.15) is 18.0 Å². The van der Waals surface area contributed by atoms with Crippen LogP contribution in [0.4, 0.5) is 31.8 Å². The van der Waals surface area contributed by atoms with Gasteiger partial charge in [0.1, 0.15) is 23.8 Å². The van der Waals surface area contributed by atoms with Gasteiger partial charge in [-0.25, -0.2) is 32.2 Å². The molecule has 3 heterocycles. The summed E-state index contributed by atoms with van der Waals surface area (Å²) < 4.78 is 52.5. The number of nitrogens with zero attached hydrogens (tertiary/aromatic N) is 5. The summed E-state index contributed by atoms with van der Waals surface area (Å²) in [4.78, 5) is 18.9. The van der Waals surface area contributed by atoms with E-state index in [1.807, 2.05) is 6.07 Å². The number of benzene rings is 2. The summed E-state index contributed by atoms with van der Waals surface area (Å²) in [6, 6.07) is 9.78. The molecule has 2 fully saturated rings. The topological polar surface area (TPSA) is 90.9 Å². The second kappa shape index (κ2) is 10.2. The fourth-order valence-electron chi connectivity index (χ4n) is 4.57. The van der Waals surface area contributed by atoms with E-state index in [1.165, 1.54) is 29.8 Å². The molecular formula is C25H28F2N6O3S. The fourth-order valence-corrected chi connectivity index (χ4v) is 5.24. The van der Waals surface area contributed by atoms with Crippen molar-refractivity contribution in [3.63, 3.8) is 0 Å². The third-order valence-corrected chi connectivity index (χ3v) is 7.61. The zero-order valence-corrected chi connectivity index (χ0v) is 21.4. The minimum Gasteiger partial charge on any atom is -0.369 e. The van der Waals surface area contributed by atoms with E-state index in [9.17, 15) is 17.2 Å². The normalized spacial score (nSPS) is 18.9. The Kier molecular flexibility index (Phi) is 6.97. The summed E-state index contributed by atoms with van der Waals surface area (Å²) in [5.41, 5.74) is 1.82. The van der Waals surface area contributed by atoms with Crippen molar-refractivity contribution in [1.82, 2.24) is 14.9 Å². The first-order valence-electron chi connectivity index (χ1n) is 11.9. The molecule has 9 nitrogen and oxygen atoms in total. The molecule has 1 atom stereocenters. The lowest BCUT2D eigenvalue weighted by Gasteiger charge is -2.34. The van der Waals surface area contributed by atoms with Gasteiger partial charge >= 0.3 is 0 Å². The zero-order chi connectivity index (χ0) is 26.2. The summed E-state index contributed by atoms with van der Waals surface area (Å²) in [6.07, 6.45) is 3.06. The molecule has 37 heavy (non-hydrogen) atoms. The van der Waals surface area contributed by atoms with Gasteiger partial charge in [0.15, 0.2) is 15.7 Å². The van der Waals surface area contributed by atoms with Gasteiger partial charge in [-0.15, -0.1) is 0 Å². The van der Waals surface area contributed by atoms with Gasteiger partial charge in [0.05, 0.1) is 17.5 Å². The molecule has 2 aliphatic heterocycles. The number of hydroxylamine groups is 1. The maximum Gasteiger partial charge on any atom is 0.175 e. The van der Waals surface area contributed by atoms with Crippen LogP contribution in [-0.4, -0.2) is 69.4 Å². The molecule has 0 saturated carbocycles. The predicted molar refractivity (Wildman–Crippen MR) is 137 cm³/mol. The van der Waals surface area contributed by atoms with Gasteiger partial charge in [-0.3, -0.25) is 4.84 Å². The number of sulfone groups is 1. The Bertz CT molecular complexity index is 1380. The van der Waals surface area contributed by atoms with E-state index in [-0.39, 0.29) is 4.90 Å². The van der Waals surface area contributed by atoms with E-state index in [2.05, 4.69) is 32.1 Å². The number of hydrogen-bond donors (Lipinski definition) is 1. The van der Waals surface area contributed by atoms with Crippen molar-refractivity contribution < 1.29 is 22.0 Å². The van der Waals surface area contributed by atoms with Crippen LogP contribution in [0.3, 0.4) is 0 Å². The second-order valence-corrected chi connectivity index (χ2v) is 11.3. The summed E-state index contributed by atoms with van der Waals surface area (Å²) in [5, 5.41) is 4.70. The molecule has 0 radical (unpaired) electrons. The molecule has 0 amide bonds. The molecule has 1 unspecified atom stereocenters. The fraction of sp³-hybridized carbons (Fsp3) is 0.360. The van der Waals surface area contributed by atoms with Gasteiger partial charge in [0, 0.05) is 62.4 Å². The first-order valence-corrected chi connectivity index (χ1v) is 13.8. The van der Waals surface area contributed by atoms with Crippen LogP contribution < -0.4 is 15.3 Å². The zero-order valence-electron chi connectivity index (χ0n) is 20.6. The van der Waals surface area contributed by atoms with E-state index >= 15 is 0 Å². The van der Waals surface area contributed by atoms with Crippen molar-refractivity contribution in [3.8, 4) is 0 Å². The summed E-state index contributed by atoms with van der Waals surface area (Å²) in [5.74, 6) is -0.495. The molecule has 12 heteroatoms. The van der Waals surface area contributed by atoms with Gasteiger partial charge in [0.25, 0.3) is 0 Å². The smallest absolute Gasteiger partial charge is 0.175 e. The van der Waals surface area contributed by atoms with Crippen LogP contribution in [0, 0.1) is 11.6 Å². The molecule has 0 aliphatic carbocycles. The van der Waals surface area contributed by atoms with Crippen LogP contribution >= 0.6 is 0 Å². The Hall–Kier alpha value is -3.35. The summed E-state index contributed by atoms with van der Waals surface area (Å²) >= 11 is 0. The molecule has 0 bridgehead atoms. The van der Waals surface area contributed by atoms with E-state index in [0.717, 1.165) is 37.9 Å². The molecule has 2 saturated heterocycles. The average molecular weight is 531 g/mol. The van der Waals surface area contributed by atoms with E-state index in [1.54, 1.807) is 18.2 Å². The molecule has 2 aromatic carbocycles. The van der Waals surface area contributed by atoms with Crippen LogP contribution in [0.15, 0.2) is 53.7 Å². The standard InChI is InChI=1S/C25H28F2N6O3S/c1-31-4-6-32(7-5-31)21-12-20(13-22(14-21)37(2,34)35)30-24-15-25(29-16-28-24)33-23(3-8-36-33)17-9-18(26)11-19(27)10-17/h9-16,23H,3-8H2,1-2H3,(H,28,29,30). The lowest BCUT2D eigenvalue weighted by atomic mass is 10.0. The maximum absolute atomic E-state index is 13.8. The average Bonchev–Trinajstić information content (AvgIpc) is 3.34. The highest BCUT2D eigenvalue weighted by molar-refractivity contribution is 7.90. The SMILES string of the molecule is CN1CCN(c2cc(Nc3cc(N4OCCC4c4cc(F)cc(F)c4)ncn3)cc(S(C)(=O)=O)c2)CC1. The number of likely N-dealkylation sites (N-methyl/N-ethyl adjacent to an activating group) is 1. The first-order chi connectivity index (χ1) is 17.7. The second-order valence-electron chi connectivity index (χ2n) is 9.33. The Morgan fingerprint density at radius 3 is 2.41 bits per heavy atom. The Balaban J connectivity index is 1.43. The van der Waals surface area contributed by atoms with E-state index in [4.69, 9.17) is 4.84 Å². The summed E-state index contributed by atoms with van der Waals surface area (Å²) in [6.45, 7) is 3.70. The Labute approximate surface area is 214 Å². The number of aromatic nitrogens is 2. The molecular weight excluding hydrogens is 502 g/mol. The van der Waals surface area contributed by atoms with Crippen LogP contribution in [0.5, 0.6) is 0 Å². The molecule has 1 N–H and O–H groups in total. The molecule has 3 aromatic rings. The summed E-state index contributed by atoms with van der Waals surface area (Å²) in [7, 11) is -1.40. The molecule has 1 aromatic heterocycles. The third-order valence-electron chi connectivity index (χ3n) is 6.51. The van der Waals surface area contributed by atoms with Gasteiger partial charge in [-0.2, -0.15) is 0 Å². The highest BCUT2D eigenvalue weighted by Crippen LogP contribution is 2.35. The van der Waals surface area contributed by atoms with Gasteiger partial charge in [0.2, 0.25) is 0 Å². The van der Waals surface area contributed by atoms with Crippen molar-refractivity contribution in [3.05, 3.63) is 66.0 Å². The Morgan fingerprint density at radius 2 is 1.70 bits per heavy atom. The molecule has 196 valence electrons. The van der Waals surface area contributed by atoms with Crippen LogP contribution in [0.25, 0.3) is 0 Å². The van der Waals surface area contributed by atoms with Crippen LogP contribution in [-0.2, 0) is 14.7 Å². The number of rotatable bonds is 6. The largest absolute Gasteiger partial charge is 0.369 e. The van der Waals surface area contributed by atoms with Gasteiger partial charge in [-0.05, 0) is 42.9 Å². The Morgan fingerprint density at radius 1 is 0.973 bits per heavy atom. The predicted octanol–water partition coefficient (Wildman–Crippen LogP) is 3.54. The monoisotopic (exact) mass is 530 g/mol. The number of anilines is 4. The molecule has 2 aliphatic rings. The number of hydrogen-bond acceptors (Lipinski definition) is 9. The van der Waals surface area contributed by atoms with Crippen LogP contribution in [0.2, 0.25) is 0 Å². The number of piperazine rings is 1. The highest BCUT2D eigenvalue weighted by Gasteiger charge is 2.30. The van der Waals surface area contributed by atoms with Gasteiger partial charge in [-0.1, -0.05) is 0 Å². The lowest BCUT2D eigenvalue weighted by molar-refractivity contribution is 0.156. The highest BCUT2D eigenvalue weighted by atomic mass is 32.2. The maximum atomic E-state index is 13.8. The van der Waals surface area contributed by atoms with Crippen molar-refractivity contribution >= 4 is 32.8 Å². The molecule has 0 spiro atoms. The van der Waals surface area contributed by atoms with E-state index < -0.39 is 27.5 Å². The number of nitrogens with one attached hydrogen (secondary N) is 1. The van der Waals surface area contributed by atoms with Gasteiger partial charge < -0.3 is 15.1 Å². The lowest BCUT2D eigenvalue weighted by Crippen LogP contribution is -2.44. The van der Waals surface area contributed by atoms with Crippen molar-refractivity contribution in [2.24, 2.45) is 0 Å². The molecule has 5 rings (SSSR count). The quantitative estimate of drug-likeness (QED) is 0.514. The third kappa shape index (κ3) is 5.81. The minimum atomic E-state index is -3.46. The van der Waals surface area contributed by atoms with Crippen molar-refractivity contribution in [1.29, 1.82) is 0 Å². The number of halogens is 2. The first kappa shape index (κ1) is 25.3.